The molecule has 0 radical (unpaired) electrons. The number of benzene rings is 1. The lowest BCUT2D eigenvalue weighted by Gasteiger charge is -1.90. The molecule has 1 rings (SSSR count). The average Bonchev–Trinajstić information content (AvgIpc) is 2.20. The van der Waals surface area contributed by atoms with Gasteiger partial charge in [0.15, 0.2) is 0 Å². The van der Waals surface area contributed by atoms with E-state index in [1.807, 2.05) is 0 Å². The molecular weight excluding hydrogens is 188 g/mol. The van der Waals surface area contributed by atoms with Crippen molar-refractivity contribution in [3.05, 3.63) is 35.9 Å². The number of carboxylic acids is 1. The molecule has 0 bridgehead atoms. The van der Waals surface area contributed by atoms with Crippen molar-refractivity contribution in [3.63, 3.8) is 0 Å². The fourth-order valence-corrected chi connectivity index (χ4v) is 0.581. The zero-order valence-electron chi connectivity index (χ0n) is 7.20. The largest absolute Gasteiger partial charge is 0.478 e. The van der Waals surface area contributed by atoms with E-state index >= 15 is 0 Å². The van der Waals surface area contributed by atoms with Crippen LogP contribution in [0.1, 0.15) is 10.4 Å². The summed E-state index contributed by atoms with van der Waals surface area (Å²) in [6.07, 6.45) is 0.0833. The van der Waals surface area contributed by atoms with Crippen molar-refractivity contribution < 1.29 is 19.9 Å². The molecule has 6 nitrogen and oxygen atoms in total. The van der Waals surface area contributed by atoms with Gasteiger partial charge in [0.2, 0.25) is 6.41 Å². The number of hydrogen-bond acceptors (Lipinski definition) is 4. The number of rotatable bonds is 2. The number of hydrogen-bond donors (Lipinski definition) is 3. The van der Waals surface area contributed by atoms with Crippen molar-refractivity contribution in [3.8, 4) is 0 Å². The highest BCUT2D eigenvalue weighted by Crippen LogP contribution is 1.96. The Bertz CT molecular complexity index is 287. The first-order chi connectivity index (χ1) is 6.57. The normalized spacial score (nSPS) is 8.14. The van der Waals surface area contributed by atoms with Gasteiger partial charge in [-0.1, -0.05) is 18.2 Å². The number of carbonyl (C=O) groups is 2. The molecule has 1 aromatic carbocycles. The minimum absolute atomic E-state index is 0.0556. The van der Waals surface area contributed by atoms with Crippen molar-refractivity contribution in [1.29, 1.82) is 0 Å². The minimum atomic E-state index is -0.879. The Morgan fingerprint density at radius 1 is 1.36 bits per heavy atom. The number of nitrogens with two attached hydrogens (primary N) is 1. The molecule has 0 aliphatic rings. The first-order valence-corrected chi connectivity index (χ1v) is 3.54. The van der Waals surface area contributed by atoms with Crippen molar-refractivity contribution in [2.75, 3.05) is 0 Å². The summed E-state index contributed by atoms with van der Waals surface area (Å²) in [5, 5.41) is 15.9. The summed E-state index contributed by atoms with van der Waals surface area (Å²) in [6.45, 7) is 0. The molecule has 76 valence electrons. The van der Waals surface area contributed by atoms with Crippen LogP contribution in [0.15, 0.2) is 30.3 Å². The zero-order valence-corrected chi connectivity index (χ0v) is 7.20. The Kier molecular flexibility index (Phi) is 5.68. The van der Waals surface area contributed by atoms with Gasteiger partial charge in [-0.15, -0.1) is 0 Å². The Balaban J connectivity index is 0.000000292. The minimum Gasteiger partial charge on any atom is -0.478 e. The molecule has 1 aromatic rings. The van der Waals surface area contributed by atoms with Gasteiger partial charge in [-0.3, -0.25) is 10.0 Å². The third kappa shape index (κ3) is 5.70. The molecule has 0 unspecified atom stereocenters. The van der Waals surface area contributed by atoms with E-state index in [0.29, 0.717) is 5.56 Å². The van der Waals surface area contributed by atoms with Crippen molar-refractivity contribution >= 4 is 12.4 Å². The van der Waals surface area contributed by atoms with E-state index in [-0.39, 0.29) is 11.6 Å². The summed E-state index contributed by atoms with van der Waals surface area (Å²) in [5.41, 5.74) is 0.331. The molecule has 14 heavy (non-hydrogen) atoms. The molecule has 0 fully saturated rings. The van der Waals surface area contributed by atoms with Crippen molar-refractivity contribution in [1.82, 2.24) is 5.17 Å². The van der Waals surface area contributed by atoms with E-state index < -0.39 is 5.97 Å². The van der Waals surface area contributed by atoms with E-state index in [0.717, 1.165) is 0 Å². The maximum atomic E-state index is 10.2. The topological polar surface area (TPSA) is 104 Å². The first kappa shape index (κ1) is 12.1. The van der Waals surface area contributed by atoms with Gasteiger partial charge >= 0.3 is 5.97 Å². The summed E-state index contributed by atoms with van der Waals surface area (Å²) < 4.78 is 0. The molecule has 0 atom stereocenters. The molecule has 0 aliphatic carbocycles. The van der Waals surface area contributed by atoms with Gasteiger partial charge in [0.1, 0.15) is 0 Å². The zero-order chi connectivity index (χ0) is 11.0. The van der Waals surface area contributed by atoms with Crippen LogP contribution in [0.3, 0.4) is 0 Å². The molecule has 0 heterocycles. The Hall–Kier alpha value is -1.92. The van der Waals surface area contributed by atoms with E-state index in [1.54, 1.807) is 30.3 Å². The third-order valence-corrected chi connectivity index (χ3v) is 1.13. The second-order valence-electron chi connectivity index (χ2n) is 2.16. The van der Waals surface area contributed by atoms with Crippen LogP contribution in [-0.2, 0) is 4.79 Å². The molecule has 0 saturated heterocycles. The average molecular weight is 198 g/mol. The Morgan fingerprint density at radius 2 is 1.79 bits per heavy atom. The fourth-order valence-electron chi connectivity index (χ4n) is 0.581. The van der Waals surface area contributed by atoms with Crippen LogP contribution in [0.2, 0.25) is 0 Å². The standard InChI is InChI=1S/C7H6O2.CH4N2O2/c8-7(9)6-4-2-1-3-5-6;2-3(5)1-4/h1-5H,(H,8,9);1,5H,2H2. The Morgan fingerprint density at radius 3 is 2.00 bits per heavy atom. The number of hydrazine groups is 1. The number of carbonyl (C=O) groups excluding carboxylic acids is 1. The monoisotopic (exact) mass is 198 g/mol. The predicted octanol–water partition coefficient (Wildman–Crippen LogP) is 0.0925. The summed E-state index contributed by atoms with van der Waals surface area (Å²) in [4.78, 5) is 19.3. The van der Waals surface area contributed by atoms with E-state index in [9.17, 15) is 4.79 Å². The lowest BCUT2D eigenvalue weighted by molar-refractivity contribution is -0.150. The van der Waals surface area contributed by atoms with Gasteiger partial charge in [-0.25, -0.2) is 10.6 Å². The second kappa shape index (κ2) is 6.58. The molecule has 0 aliphatic heterocycles. The van der Waals surface area contributed by atoms with Gasteiger partial charge in [0.05, 0.1) is 5.56 Å². The molecule has 6 heteroatoms. The van der Waals surface area contributed by atoms with Crippen LogP contribution in [0, 0.1) is 0 Å². The van der Waals surface area contributed by atoms with Crippen LogP contribution >= 0.6 is 0 Å². The van der Waals surface area contributed by atoms with Gasteiger partial charge in [0.25, 0.3) is 0 Å². The number of hydroxylamine groups is 1. The number of nitrogens with zero attached hydrogens (tertiary/aromatic N) is 1. The number of aromatic carboxylic acids is 1. The molecule has 0 spiro atoms. The predicted molar refractivity (Wildman–Crippen MR) is 47.3 cm³/mol. The highest BCUT2D eigenvalue weighted by Gasteiger charge is 1.96. The van der Waals surface area contributed by atoms with Crippen LogP contribution in [-0.4, -0.2) is 27.9 Å². The van der Waals surface area contributed by atoms with Crippen LogP contribution < -0.4 is 5.84 Å². The highest BCUT2D eigenvalue weighted by molar-refractivity contribution is 5.87. The number of carboxylic acid groups (broad SMARTS) is 1. The molecule has 4 N–H and O–H groups in total. The summed E-state index contributed by atoms with van der Waals surface area (Å²) in [6, 6.07) is 8.30. The summed E-state index contributed by atoms with van der Waals surface area (Å²) in [5.74, 6) is 3.43. The van der Waals surface area contributed by atoms with E-state index in [1.165, 1.54) is 0 Å². The van der Waals surface area contributed by atoms with E-state index in [4.69, 9.17) is 15.1 Å². The highest BCUT2D eigenvalue weighted by atomic mass is 16.5. The second-order valence-corrected chi connectivity index (χ2v) is 2.16. The molecule has 0 aromatic heterocycles. The third-order valence-electron chi connectivity index (χ3n) is 1.13. The van der Waals surface area contributed by atoms with Gasteiger partial charge in [-0.2, -0.15) is 5.17 Å². The van der Waals surface area contributed by atoms with Crippen LogP contribution in [0.4, 0.5) is 0 Å². The maximum Gasteiger partial charge on any atom is 0.335 e. The molecule has 0 saturated carbocycles. The fraction of sp³-hybridized carbons (Fsp3) is 0. The van der Waals surface area contributed by atoms with Crippen LogP contribution in [0.25, 0.3) is 0 Å². The molecule has 1 amide bonds. The maximum absolute atomic E-state index is 10.2. The lowest BCUT2D eigenvalue weighted by Crippen LogP contribution is -2.24. The van der Waals surface area contributed by atoms with Gasteiger partial charge in [0, 0.05) is 0 Å². The van der Waals surface area contributed by atoms with Gasteiger partial charge < -0.3 is 5.11 Å². The van der Waals surface area contributed by atoms with Crippen molar-refractivity contribution in [2.24, 2.45) is 5.84 Å². The summed E-state index contributed by atoms with van der Waals surface area (Å²) >= 11 is 0. The quantitative estimate of drug-likeness (QED) is 0.205. The Labute approximate surface area is 80.1 Å². The summed E-state index contributed by atoms with van der Waals surface area (Å²) in [7, 11) is 0. The smallest absolute Gasteiger partial charge is 0.335 e. The van der Waals surface area contributed by atoms with E-state index in [2.05, 4.69) is 5.84 Å². The van der Waals surface area contributed by atoms with Crippen LogP contribution in [0.5, 0.6) is 0 Å². The lowest BCUT2D eigenvalue weighted by atomic mass is 10.2. The number of amides is 1. The molecular formula is C8H10N2O4. The SMILES string of the molecule is NN(O)C=O.O=C(O)c1ccccc1. The first-order valence-electron chi connectivity index (χ1n) is 3.54. The van der Waals surface area contributed by atoms with Gasteiger partial charge in [-0.05, 0) is 12.1 Å². The van der Waals surface area contributed by atoms with Crippen molar-refractivity contribution in [2.45, 2.75) is 0 Å².